The number of benzene rings is 2. The molecule has 2 aromatic carbocycles. The molecule has 1 aromatic heterocycles. The number of hydrogen-bond donors (Lipinski definition) is 2. The van der Waals surface area contributed by atoms with Crippen LogP contribution in [0.4, 0.5) is 8.78 Å². The molecule has 36 heavy (non-hydrogen) atoms. The molecule has 194 valence electrons. The Labute approximate surface area is 211 Å². The summed E-state index contributed by atoms with van der Waals surface area (Å²) in [4.78, 5) is 18.0. The summed E-state index contributed by atoms with van der Waals surface area (Å²) in [6.07, 6.45) is 2.15. The van der Waals surface area contributed by atoms with Gasteiger partial charge < -0.3 is 20.4 Å². The number of carbonyl (C=O) groups is 1. The van der Waals surface area contributed by atoms with Gasteiger partial charge in [0.2, 0.25) is 5.91 Å². The minimum Gasteiger partial charge on any atom is -0.372 e. The number of imidazole rings is 1. The molecular formula is C28H36F2N4O2. The van der Waals surface area contributed by atoms with Crippen LogP contribution in [0.15, 0.2) is 54.7 Å². The number of aromatic nitrogens is 2. The van der Waals surface area contributed by atoms with Crippen LogP contribution < -0.4 is 11.1 Å². The third-order valence-electron chi connectivity index (χ3n) is 6.08. The van der Waals surface area contributed by atoms with E-state index >= 15 is 0 Å². The van der Waals surface area contributed by atoms with Gasteiger partial charge in [0.15, 0.2) is 0 Å². The highest BCUT2D eigenvalue weighted by Gasteiger charge is 2.34. The van der Waals surface area contributed by atoms with Gasteiger partial charge in [-0.1, -0.05) is 51.1 Å². The lowest BCUT2D eigenvalue weighted by molar-refractivity contribution is -0.133. The first-order chi connectivity index (χ1) is 17.0. The van der Waals surface area contributed by atoms with Gasteiger partial charge in [0.05, 0.1) is 11.7 Å². The standard InChI is InChI=1S/C28H36F2N4O2/c1-18(31)11-14-24(36-5)27(35)33-25(28(2,3)4)26-32-23(21-15-20(29)12-13-22(21)30)17-34(26)16-19-9-7-6-8-10-19/h6-10,12-13,15,17-18,24-25H,11,14,16,31H2,1-5H3,(H,33,35)/t18-,24?,25+/m1/s1. The fourth-order valence-electron chi connectivity index (χ4n) is 4.06. The number of halogens is 2. The van der Waals surface area contributed by atoms with Crippen LogP contribution in [0.2, 0.25) is 0 Å². The van der Waals surface area contributed by atoms with Crippen molar-refractivity contribution in [2.75, 3.05) is 7.11 Å². The average Bonchev–Trinajstić information content (AvgIpc) is 3.22. The molecule has 6 nitrogen and oxygen atoms in total. The lowest BCUT2D eigenvalue weighted by Gasteiger charge is -2.32. The average molecular weight is 499 g/mol. The maximum atomic E-state index is 14.7. The molecule has 0 saturated carbocycles. The number of methoxy groups -OCH3 is 1. The molecule has 8 heteroatoms. The maximum absolute atomic E-state index is 14.7. The molecule has 0 spiro atoms. The fourth-order valence-corrected chi connectivity index (χ4v) is 4.06. The summed E-state index contributed by atoms with van der Waals surface area (Å²) in [6.45, 7) is 8.31. The number of ether oxygens (including phenoxy) is 1. The van der Waals surface area contributed by atoms with Crippen molar-refractivity contribution < 1.29 is 18.3 Å². The summed E-state index contributed by atoms with van der Waals surface area (Å²) in [6, 6.07) is 12.5. The van der Waals surface area contributed by atoms with Gasteiger partial charge in [-0.15, -0.1) is 0 Å². The van der Waals surface area contributed by atoms with E-state index in [2.05, 4.69) is 5.32 Å². The third-order valence-corrected chi connectivity index (χ3v) is 6.08. The number of nitrogens with zero attached hydrogens (tertiary/aromatic N) is 2. The predicted octanol–water partition coefficient (Wildman–Crippen LogP) is 5.22. The second-order valence-electron chi connectivity index (χ2n) is 10.3. The van der Waals surface area contributed by atoms with Crippen molar-refractivity contribution in [2.24, 2.45) is 11.1 Å². The summed E-state index contributed by atoms with van der Waals surface area (Å²) in [7, 11) is 1.50. The second kappa shape index (κ2) is 11.8. The molecule has 0 aliphatic heterocycles. The van der Waals surface area contributed by atoms with E-state index in [-0.39, 0.29) is 17.5 Å². The second-order valence-corrected chi connectivity index (χ2v) is 10.3. The Hall–Kier alpha value is -3.10. The van der Waals surface area contributed by atoms with Gasteiger partial charge in [0.25, 0.3) is 0 Å². The summed E-state index contributed by atoms with van der Waals surface area (Å²) in [5, 5.41) is 3.11. The van der Waals surface area contributed by atoms with E-state index in [1.54, 1.807) is 6.20 Å². The van der Waals surface area contributed by atoms with Crippen molar-refractivity contribution in [1.82, 2.24) is 14.9 Å². The van der Waals surface area contributed by atoms with E-state index in [9.17, 15) is 13.6 Å². The number of rotatable bonds is 10. The summed E-state index contributed by atoms with van der Waals surface area (Å²) >= 11 is 0. The fraction of sp³-hybridized carbons (Fsp3) is 0.429. The summed E-state index contributed by atoms with van der Waals surface area (Å²) in [5.41, 5.74) is 6.79. The van der Waals surface area contributed by atoms with Crippen molar-refractivity contribution in [3.05, 3.63) is 77.8 Å². The van der Waals surface area contributed by atoms with Gasteiger partial charge in [-0.2, -0.15) is 0 Å². The predicted molar refractivity (Wildman–Crippen MR) is 137 cm³/mol. The SMILES string of the molecule is COC(CC[C@@H](C)N)C(=O)N[C@@H](c1nc(-c2cc(F)ccc2F)cn1Cc1ccccc1)C(C)(C)C. The van der Waals surface area contributed by atoms with Gasteiger partial charge in [0.1, 0.15) is 23.6 Å². The zero-order valence-corrected chi connectivity index (χ0v) is 21.6. The largest absolute Gasteiger partial charge is 0.372 e. The lowest BCUT2D eigenvalue weighted by atomic mass is 9.85. The Morgan fingerprint density at radius 2 is 1.83 bits per heavy atom. The molecule has 1 unspecified atom stereocenters. The summed E-state index contributed by atoms with van der Waals surface area (Å²) in [5.74, 6) is -0.853. The Morgan fingerprint density at radius 1 is 1.14 bits per heavy atom. The van der Waals surface area contributed by atoms with Gasteiger partial charge in [-0.25, -0.2) is 13.8 Å². The van der Waals surface area contributed by atoms with E-state index in [4.69, 9.17) is 15.5 Å². The van der Waals surface area contributed by atoms with E-state index < -0.39 is 29.2 Å². The van der Waals surface area contributed by atoms with Crippen LogP contribution in [0.5, 0.6) is 0 Å². The molecule has 1 amide bonds. The van der Waals surface area contributed by atoms with E-state index in [1.807, 2.05) is 62.6 Å². The monoisotopic (exact) mass is 498 g/mol. The molecule has 0 aliphatic carbocycles. The van der Waals surface area contributed by atoms with Crippen molar-refractivity contribution in [1.29, 1.82) is 0 Å². The van der Waals surface area contributed by atoms with Crippen molar-refractivity contribution in [3.63, 3.8) is 0 Å². The first-order valence-corrected chi connectivity index (χ1v) is 12.1. The molecule has 3 aromatic rings. The first kappa shape index (κ1) is 27.5. The topological polar surface area (TPSA) is 82.2 Å². The molecule has 3 atom stereocenters. The highest BCUT2D eigenvalue weighted by Crippen LogP contribution is 2.35. The maximum Gasteiger partial charge on any atom is 0.249 e. The molecule has 0 fully saturated rings. The van der Waals surface area contributed by atoms with Crippen molar-refractivity contribution in [2.45, 2.75) is 65.3 Å². The van der Waals surface area contributed by atoms with Crippen LogP contribution in [-0.2, 0) is 16.1 Å². The molecule has 0 aliphatic rings. The van der Waals surface area contributed by atoms with Gasteiger partial charge in [-0.3, -0.25) is 4.79 Å². The Kier molecular flexibility index (Phi) is 8.98. The summed E-state index contributed by atoms with van der Waals surface area (Å²) < 4.78 is 36.0. The van der Waals surface area contributed by atoms with Gasteiger partial charge >= 0.3 is 0 Å². The van der Waals surface area contributed by atoms with E-state index in [0.717, 1.165) is 23.8 Å². The van der Waals surface area contributed by atoms with E-state index in [0.29, 0.717) is 30.9 Å². The number of carbonyl (C=O) groups excluding carboxylic acids is 1. The van der Waals surface area contributed by atoms with Crippen LogP contribution in [0, 0.1) is 17.0 Å². The van der Waals surface area contributed by atoms with Crippen LogP contribution in [0.3, 0.4) is 0 Å². The van der Waals surface area contributed by atoms with Crippen LogP contribution in [0.1, 0.15) is 58.0 Å². The van der Waals surface area contributed by atoms with Crippen LogP contribution in [-0.4, -0.2) is 34.7 Å². The number of nitrogens with one attached hydrogen (secondary N) is 1. The zero-order valence-electron chi connectivity index (χ0n) is 21.6. The smallest absolute Gasteiger partial charge is 0.249 e. The third kappa shape index (κ3) is 6.98. The van der Waals surface area contributed by atoms with Gasteiger partial charge in [-0.05, 0) is 48.9 Å². The molecule has 0 radical (unpaired) electrons. The normalized spacial score (nSPS) is 14.3. The molecule has 1 heterocycles. The van der Waals surface area contributed by atoms with Gasteiger partial charge in [0, 0.05) is 31.5 Å². The molecular weight excluding hydrogens is 462 g/mol. The van der Waals surface area contributed by atoms with Crippen molar-refractivity contribution >= 4 is 5.91 Å². The lowest BCUT2D eigenvalue weighted by Crippen LogP contribution is -2.44. The van der Waals surface area contributed by atoms with Crippen LogP contribution >= 0.6 is 0 Å². The Morgan fingerprint density at radius 3 is 2.44 bits per heavy atom. The number of hydrogen-bond acceptors (Lipinski definition) is 4. The molecule has 0 saturated heterocycles. The Balaban J connectivity index is 2.05. The Bertz CT molecular complexity index is 1160. The number of amides is 1. The highest BCUT2D eigenvalue weighted by atomic mass is 19.1. The number of nitrogens with two attached hydrogens (primary N) is 1. The molecule has 3 N–H and O–H groups in total. The van der Waals surface area contributed by atoms with Crippen LogP contribution in [0.25, 0.3) is 11.3 Å². The highest BCUT2D eigenvalue weighted by molar-refractivity contribution is 5.81. The van der Waals surface area contributed by atoms with E-state index in [1.165, 1.54) is 7.11 Å². The van der Waals surface area contributed by atoms with Crippen molar-refractivity contribution in [3.8, 4) is 11.3 Å². The quantitative estimate of drug-likeness (QED) is 0.401. The molecule has 3 rings (SSSR count). The first-order valence-electron chi connectivity index (χ1n) is 12.1. The minimum atomic E-state index is -0.668. The molecule has 0 bridgehead atoms. The minimum absolute atomic E-state index is 0.0534. The zero-order chi connectivity index (χ0) is 26.5.